The SMILES string of the molecule is CC1CCNC1c1n[nH]c(=O)[nH]1. The molecular weight excluding hydrogens is 156 g/mol. The van der Waals surface area contributed by atoms with Gasteiger partial charge in [-0.3, -0.25) is 4.98 Å². The molecule has 0 amide bonds. The predicted molar refractivity (Wildman–Crippen MR) is 43.7 cm³/mol. The molecule has 5 heteroatoms. The van der Waals surface area contributed by atoms with Crippen molar-refractivity contribution >= 4 is 0 Å². The minimum absolute atomic E-state index is 0.212. The molecule has 1 aromatic rings. The lowest BCUT2D eigenvalue weighted by Crippen LogP contribution is -2.18. The summed E-state index contributed by atoms with van der Waals surface area (Å²) in [6, 6.07) is 0.212. The van der Waals surface area contributed by atoms with Crippen molar-refractivity contribution in [3.05, 3.63) is 16.3 Å². The summed E-state index contributed by atoms with van der Waals surface area (Å²) in [5.41, 5.74) is -0.231. The van der Waals surface area contributed by atoms with Crippen molar-refractivity contribution in [1.29, 1.82) is 0 Å². The van der Waals surface area contributed by atoms with Crippen molar-refractivity contribution in [1.82, 2.24) is 20.5 Å². The Hall–Kier alpha value is -1.10. The average molecular weight is 168 g/mol. The molecule has 0 bridgehead atoms. The van der Waals surface area contributed by atoms with Gasteiger partial charge in [0.2, 0.25) is 0 Å². The second-order valence-corrected chi connectivity index (χ2v) is 3.26. The molecule has 2 rings (SSSR count). The van der Waals surface area contributed by atoms with Gasteiger partial charge in [0, 0.05) is 0 Å². The van der Waals surface area contributed by atoms with Crippen LogP contribution in [0.1, 0.15) is 25.2 Å². The Morgan fingerprint density at radius 3 is 2.92 bits per heavy atom. The summed E-state index contributed by atoms with van der Waals surface area (Å²) in [5.74, 6) is 1.27. The van der Waals surface area contributed by atoms with Crippen LogP contribution < -0.4 is 11.0 Å². The van der Waals surface area contributed by atoms with Gasteiger partial charge in [-0.1, -0.05) is 6.92 Å². The molecule has 1 aliphatic heterocycles. The van der Waals surface area contributed by atoms with Crippen molar-refractivity contribution in [2.75, 3.05) is 6.54 Å². The Labute approximate surface area is 69.6 Å². The van der Waals surface area contributed by atoms with Gasteiger partial charge in [-0.15, -0.1) is 0 Å². The molecule has 2 unspecified atom stereocenters. The van der Waals surface area contributed by atoms with Crippen LogP contribution in [0, 0.1) is 5.92 Å². The van der Waals surface area contributed by atoms with E-state index in [0.29, 0.717) is 5.92 Å². The standard InChI is InChI=1S/C7H12N4O/c1-4-2-3-8-5(4)6-9-7(12)11-10-6/h4-5,8H,2-3H2,1H3,(H2,9,10,11,12). The average Bonchev–Trinajstić information content (AvgIpc) is 2.58. The van der Waals surface area contributed by atoms with E-state index < -0.39 is 0 Å². The first-order chi connectivity index (χ1) is 5.77. The van der Waals surface area contributed by atoms with E-state index in [4.69, 9.17) is 0 Å². The maximum atomic E-state index is 10.8. The third-order valence-electron chi connectivity index (χ3n) is 2.35. The molecule has 0 aromatic carbocycles. The molecule has 1 saturated heterocycles. The van der Waals surface area contributed by atoms with Gasteiger partial charge in [-0.25, -0.2) is 9.89 Å². The van der Waals surface area contributed by atoms with Gasteiger partial charge >= 0.3 is 5.69 Å². The van der Waals surface area contributed by atoms with E-state index in [1.807, 2.05) is 0 Å². The first kappa shape index (κ1) is 7.54. The van der Waals surface area contributed by atoms with Crippen LogP contribution in [0.15, 0.2) is 4.79 Å². The molecule has 1 aromatic heterocycles. The zero-order valence-electron chi connectivity index (χ0n) is 6.92. The highest BCUT2D eigenvalue weighted by atomic mass is 16.1. The van der Waals surface area contributed by atoms with Crippen LogP contribution >= 0.6 is 0 Å². The van der Waals surface area contributed by atoms with Gasteiger partial charge in [0.15, 0.2) is 0 Å². The highest BCUT2D eigenvalue weighted by Crippen LogP contribution is 2.25. The lowest BCUT2D eigenvalue weighted by atomic mass is 10.0. The maximum Gasteiger partial charge on any atom is 0.340 e. The summed E-state index contributed by atoms with van der Waals surface area (Å²) in [5, 5.41) is 9.54. The fourth-order valence-corrected chi connectivity index (χ4v) is 1.63. The number of aromatic amines is 2. The number of aromatic nitrogens is 3. The Balaban J connectivity index is 2.24. The number of H-pyrrole nitrogens is 2. The third kappa shape index (κ3) is 1.16. The Morgan fingerprint density at radius 2 is 2.42 bits per heavy atom. The minimum atomic E-state index is -0.231. The van der Waals surface area contributed by atoms with Crippen molar-refractivity contribution in [2.24, 2.45) is 5.92 Å². The molecule has 1 aliphatic rings. The molecule has 0 radical (unpaired) electrons. The van der Waals surface area contributed by atoms with Gasteiger partial charge < -0.3 is 5.32 Å². The van der Waals surface area contributed by atoms with Crippen molar-refractivity contribution < 1.29 is 0 Å². The Kier molecular flexibility index (Phi) is 1.73. The second-order valence-electron chi connectivity index (χ2n) is 3.26. The minimum Gasteiger partial charge on any atom is -0.307 e. The molecule has 5 nitrogen and oxygen atoms in total. The molecule has 3 N–H and O–H groups in total. The Bertz CT molecular complexity index is 315. The van der Waals surface area contributed by atoms with Crippen LogP contribution in [-0.2, 0) is 0 Å². The van der Waals surface area contributed by atoms with E-state index in [1.165, 1.54) is 0 Å². The summed E-state index contributed by atoms with van der Waals surface area (Å²) in [7, 11) is 0. The largest absolute Gasteiger partial charge is 0.340 e. The summed E-state index contributed by atoms with van der Waals surface area (Å²) < 4.78 is 0. The molecule has 0 saturated carbocycles. The van der Waals surface area contributed by atoms with Gasteiger partial charge in [0.05, 0.1) is 6.04 Å². The van der Waals surface area contributed by atoms with Crippen molar-refractivity contribution in [2.45, 2.75) is 19.4 Å². The zero-order chi connectivity index (χ0) is 8.55. The monoisotopic (exact) mass is 168 g/mol. The molecule has 2 heterocycles. The van der Waals surface area contributed by atoms with E-state index in [9.17, 15) is 4.79 Å². The van der Waals surface area contributed by atoms with Crippen LogP contribution in [-0.4, -0.2) is 21.7 Å². The molecule has 66 valence electrons. The first-order valence-corrected chi connectivity index (χ1v) is 4.15. The van der Waals surface area contributed by atoms with Crippen LogP contribution in [0.2, 0.25) is 0 Å². The molecule has 12 heavy (non-hydrogen) atoms. The fraction of sp³-hybridized carbons (Fsp3) is 0.714. The highest BCUT2D eigenvalue weighted by Gasteiger charge is 2.26. The van der Waals surface area contributed by atoms with E-state index in [0.717, 1.165) is 18.8 Å². The topological polar surface area (TPSA) is 73.6 Å². The van der Waals surface area contributed by atoms with Crippen LogP contribution in [0.3, 0.4) is 0 Å². The van der Waals surface area contributed by atoms with Crippen molar-refractivity contribution in [3.8, 4) is 0 Å². The summed E-state index contributed by atoms with van der Waals surface area (Å²) >= 11 is 0. The predicted octanol–water partition coefficient (Wildman–Crippen LogP) is -0.232. The van der Waals surface area contributed by atoms with Gasteiger partial charge in [-0.2, -0.15) is 5.10 Å². The number of nitrogens with one attached hydrogen (secondary N) is 3. The van der Waals surface area contributed by atoms with Crippen LogP contribution in [0.4, 0.5) is 0 Å². The van der Waals surface area contributed by atoms with E-state index >= 15 is 0 Å². The number of rotatable bonds is 1. The first-order valence-electron chi connectivity index (χ1n) is 4.15. The highest BCUT2D eigenvalue weighted by molar-refractivity contribution is 4.97. The van der Waals surface area contributed by atoms with Crippen molar-refractivity contribution in [3.63, 3.8) is 0 Å². The molecule has 0 aliphatic carbocycles. The normalized spacial score (nSPS) is 29.4. The summed E-state index contributed by atoms with van der Waals surface area (Å²) in [4.78, 5) is 13.4. The fourth-order valence-electron chi connectivity index (χ4n) is 1.63. The molecule has 2 atom stereocenters. The smallest absolute Gasteiger partial charge is 0.307 e. The van der Waals surface area contributed by atoms with E-state index in [-0.39, 0.29) is 11.7 Å². The number of hydrogen-bond acceptors (Lipinski definition) is 3. The number of hydrogen-bond donors (Lipinski definition) is 3. The van der Waals surface area contributed by atoms with E-state index in [2.05, 4.69) is 27.4 Å². The van der Waals surface area contributed by atoms with E-state index in [1.54, 1.807) is 0 Å². The number of nitrogens with zero attached hydrogens (tertiary/aromatic N) is 1. The lowest BCUT2D eigenvalue weighted by molar-refractivity contribution is 0.480. The Morgan fingerprint density at radius 1 is 1.58 bits per heavy atom. The quantitative estimate of drug-likeness (QED) is 0.542. The van der Waals surface area contributed by atoms with Crippen LogP contribution in [0.25, 0.3) is 0 Å². The van der Waals surface area contributed by atoms with Gasteiger partial charge in [0.1, 0.15) is 5.82 Å². The zero-order valence-corrected chi connectivity index (χ0v) is 6.92. The summed E-state index contributed by atoms with van der Waals surface area (Å²) in [6.45, 7) is 3.15. The maximum absolute atomic E-state index is 10.8. The van der Waals surface area contributed by atoms with Gasteiger partial charge in [-0.05, 0) is 18.9 Å². The lowest BCUT2D eigenvalue weighted by Gasteiger charge is -2.10. The summed E-state index contributed by atoms with van der Waals surface area (Å²) in [6.07, 6.45) is 1.14. The third-order valence-corrected chi connectivity index (χ3v) is 2.35. The molecular formula is C7H12N4O. The van der Waals surface area contributed by atoms with Gasteiger partial charge in [0.25, 0.3) is 0 Å². The van der Waals surface area contributed by atoms with Crippen LogP contribution in [0.5, 0.6) is 0 Å². The molecule has 1 fully saturated rings. The second kappa shape index (κ2) is 2.75. The molecule has 0 spiro atoms.